The molecule has 110 valence electrons. The van der Waals surface area contributed by atoms with Crippen LogP contribution in [0, 0.1) is 0 Å². The molecule has 3 heterocycles. The fourth-order valence-corrected chi connectivity index (χ4v) is 3.43. The Morgan fingerprint density at radius 1 is 1.25 bits per heavy atom. The second-order valence-corrected chi connectivity index (χ2v) is 6.48. The Balaban J connectivity index is 1.57. The maximum atomic E-state index is 10.3. The Hall–Kier alpha value is -1.04. The molecule has 0 saturated carbocycles. The van der Waals surface area contributed by atoms with Crippen molar-refractivity contribution in [1.82, 2.24) is 14.9 Å². The Morgan fingerprint density at radius 3 is 2.60 bits per heavy atom. The van der Waals surface area contributed by atoms with Crippen molar-refractivity contribution in [3.8, 4) is 0 Å². The van der Waals surface area contributed by atoms with Gasteiger partial charge in [0.2, 0.25) is 0 Å². The van der Waals surface area contributed by atoms with Crippen molar-refractivity contribution in [2.45, 2.75) is 50.4 Å². The van der Waals surface area contributed by atoms with Gasteiger partial charge in [-0.25, -0.2) is 9.97 Å². The second kappa shape index (κ2) is 5.39. The van der Waals surface area contributed by atoms with Gasteiger partial charge in [0.05, 0.1) is 17.8 Å². The largest absolute Gasteiger partial charge is 0.390 e. The summed E-state index contributed by atoms with van der Waals surface area (Å²) < 4.78 is 6.03. The van der Waals surface area contributed by atoms with Crippen LogP contribution in [0.1, 0.15) is 38.2 Å². The summed E-state index contributed by atoms with van der Waals surface area (Å²) in [5.74, 6) is 0. The number of piperidine rings is 1. The highest BCUT2D eigenvalue weighted by Crippen LogP contribution is 2.39. The van der Waals surface area contributed by atoms with E-state index in [1.807, 2.05) is 19.3 Å². The summed E-state index contributed by atoms with van der Waals surface area (Å²) in [7, 11) is 0. The highest BCUT2D eigenvalue weighted by molar-refractivity contribution is 5.03. The molecule has 1 unspecified atom stereocenters. The van der Waals surface area contributed by atoms with Gasteiger partial charge in [-0.05, 0) is 26.2 Å². The molecule has 5 nitrogen and oxygen atoms in total. The van der Waals surface area contributed by atoms with E-state index < -0.39 is 5.60 Å². The van der Waals surface area contributed by atoms with Crippen molar-refractivity contribution in [3.63, 3.8) is 0 Å². The lowest BCUT2D eigenvalue weighted by Gasteiger charge is -2.48. The van der Waals surface area contributed by atoms with E-state index in [9.17, 15) is 5.11 Å². The smallest absolute Gasteiger partial charge is 0.115 e. The minimum atomic E-state index is -0.562. The summed E-state index contributed by atoms with van der Waals surface area (Å²) in [6.07, 6.45) is 8.82. The minimum absolute atomic E-state index is 0.106. The van der Waals surface area contributed by atoms with Gasteiger partial charge < -0.3 is 9.84 Å². The van der Waals surface area contributed by atoms with E-state index >= 15 is 0 Å². The maximum absolute atomic E-state index is 10.3. The zero-order valence-electron chi connectivity index (χ0n) is 12.1. The highest BCUT2D eigenvalue weighted by Gasteiger charge is 2.44. The Bertz CT molecular complexity index is 442. The van der Waals surface area contributed by atoms with E-state index in [0.717, 1.165) is 50.9 Å². The predicted molar refractivity (Wildman–Crippen MR) is 75.1 cm³/mol. The second-order valence-electron chi connectivity index (χ2n) is 6.48. The van der Waals surface area contributed by atoms with Crippen molar-refractivity contribution in [2.75, 3.05) is 19.7 Å². The van der Waals surface area contributed by atoms with E-state index in [4.69, 9.17) is 4.74 Å². The lowest BCUT2D eigenvalue weighted by Crippen LogP contribution is -2.53. The van der Waals surface area contributed by atoms with Crippen LogP contribution >= 0.6 is 0 Å². The number of aliphatic hydroxyl groups is 1. The lowest BCUT2D eigenvalue weighted by molar-refractivity contribution is -0.173. The zero-order chi connectivity index (χ0) is 14.1. The van der Waals surface area contributed by atoms with Gasteiger partial charge in [-0.3, -0.25) is 4.90 Å². The zero-order valence-corrected chi connectivity index (χ0v) is 12.1. The van der Waals surface area contributed by atoms with Crippen molar-refractivity contribution in [1.29, 1.82) is 0 Å². The normalized spacial score (nSPS) is 30.5. The topological polar surface area (TPSA) is 58.5 Å². The fraction of sp³-hybridized carbons (Fsp3) is 0.733. The van der Waals surface area contributed by atoms with Crippen LogP contribution in [-0.2, 0) is 11.3 Å². The minimum Gasteiger partial charge on any atom is -0.390 e. The van der Waals surface area contributed by atoms with Gasteiger partial charge in [0.15, 0.2) is 0 Å². The van der Waals surface area contributed by atoms with Crippen LogP contribution < -0.4 is 0 Å². The molecule has 5 heteroatoms. The monoisotopic (exact) mass is 277 g/mol. The number of likely N-dealkylation sites (tertiary alicyclic amines) is 1. The molecule has 0 radical (unpaired) electrons. The summed E-state index contributed by atoms with van der Waals surface area (Å²) in [5, 5.41) is 10.3. The standard InChI is InChI=1S/C15H23N3O2/c1-14(19)4-7-20-15(11-14)2-5-18(6-3-15)10-13-8-16-12-17-9-13/h8-9,12,19H,2-7,10-11H2,1H3. The molecule has 2 aliphatic heterocycles. The van der Waals surface area contributed by atoms with Crippen molar-refractivity contribution in [2.24, 2.45) is 0 Å². The summed E-state index contributed by atoms with van der Waals surface area (Å²) in [6, 6.07) is 0. The molecule has 0 bridgehead atoms. The van der Waals surface area contributed by atoms with Gasteiger partial charge in [0, 0.05) is 44.0 Å². The van der Waals surface area contributed by atoms with Crippen LogP contribution in [0.25, 0.3) is 0 Å². The van der Waals surface area contributed by atoms with Gasteiger partial charge in [0.25, 0.3) is 0 Å². The third-order valence-corrected chi connectivity index (χ3v) is 4.54. The van der Waals surface area contributed by atoms with Gasteiger partial charge in [0.1, 0.15) is 6.33 Å². The molecule has 0 aromatic carbocycles. The molecule has 2 saturated heterocycles. The molecular formula is C15H23N3O2. The predicted octanol–water partition coefficient (Wildman–Crippen LogP) is 1.37. The van der Waals surface area contributed by atoms with Crippen LogP contribution in [0.15, 0.2) is 18.7 Å². The molecular weight excluding hydrogens is 254 g/mol. The first-order chi connectivity index (χ1) is 9.57. The van der Waals surface area contributed by atoms with E-state index in [1.54, 1.807) is 6.33 Å². The van der Waals surface area contributed by atoms with Crippen LogP contribution in [0.4, 0.5) is 0 Å². The first kappa shape index (κ1) is 13.9. The average molecular weight is 277 g/mol. The Kier molecular flexibility index (Phi) is 3.75. The van der Waals surface area contributed by atoms with Crippen molar-refractivity contribution in [3.05, 3.63) is 24.3 Å². The number of hydrogen-bond acceptors (Lipinski definition) is 5. The summed E-state index contributed by atoms with van der Waals surface area (Å²) >= 11 is 0. The van der Waals surface area contributed by atoms with Gasteiger partial charge in [-0.15, -0.1) is 0 Å². The number of aromatic nitrogens is 2. The average Bonchev–Trinajstić information content (AvgIpc) is 2.42. The van der Waals surface area contributed by atoms with Gasteiger partial charge in [-0.2, -0.15) is 0 Å². The molecule has 20 heavy (non-hydrogen) atoms. The summed E-state index contributed by atoms with van der Waals surface area (Å²) in [6.45, 7) is 5.52. The first-order valence-electron chi connectivity index (χ1n) is 7.40. The Morgan fingerprint density at radius 2 is 1.95 bits per heavy atom. The molecule has 1 spiro atoms. The number of ether oxygens (including phenoxy) is 1. The lowest BCUT2D eigenvalue weighted by atomic mass is 9.78. The number of nitrogens with zero attached hydrogens (tertiary/aromatic N) is 3. The van der Waals surface area contributed by atoms with Crippen LogP contribution in [0.3, 0.4) is 0 Å². The quantitative estimate of drug-likeness (QED) is 0.885. The van der Waals surface area contributed by atoms with Crippen molar-refractivity contribution >= 4 is 0 Å². The highest BCUT2D eigenvalue weighted by atomic mass is 16.5. The third-order valence-electron chi connectivity index (χ3n) is 4.54. The number of hydrogen-bond donors (Lipinski definition) is 1. The third kappa shape index (κ3) is 3.16. The molecule has 1 atom stereocenters. The SMILES string of the molecule is CC1(O)CCOC2(CCN(Cc3cncnc3)CC2)C1. The Labute approximate surface area is 120 Å². The summed E-state index contributed by atoms with van der Waals surface area (Å²) in [4.78, 5) is 10.5. The molecule has 0 aliphatic carbocycles. The van der Waals surface area contributed by atoms with Crippen molar-refractivity contribution < 1.29 is 9.84 Å². The van der Waals surface area contributed by atoms with Crippen LogP contribution in [0.2, 0.25) is 0 Å². The van der Waals surface area contributed by atoms with E-state index in [2.05, 4.69) is 14.9 Å². The molecule has 1 aromatic heterocycles. The molecule has 2 fully saturated rings. The first-order valence-corrected chi connectivity index (χ1v) is 7.40. The van der Waals surface area contributed by atoms with Gasteiger partial charge in [-0.1, -0.05) is 0 Å². The molecule has 0 amide bonds. The fourth-order valence-electron chi connectivity index (χ4n) is 3.43. The molecule has 3 rings (SSSR count). The number of rotatable bonds is 2. The van der Waals surface area contributed by atoms with E-state index in [-0.39, 0.29) is 5.60 Å². The van der Waals surface area contributed by atoms with E-state index in [0.29, 0.717) is 6.61 Å². The molecule has 1 N–H and O–H groups in total. The van der Waals surface area contributed by atoms with Crippen LogP contribution in [0.5, 0.6) is 0 Å². The maximum Gasteiger partial charge on any atom is 0.115 e. The van der Waals surface area contributed by atoms with Crippen LogP contribution in [-0.4, -0.2) is 50.9 Å². The van der Waals surface area contributed by atoms with Gasteiger partial charge >= 0.3 is 0 Å². The summed E-state index contributed by atoms with van der Waals surface area (Å²) in [5.41, 5.74) is 0.485. The molecule has 2 aliphatic rings. The van der Waals surface area contributed by atoms with E-state index in [1.165, 1.54) is 0 Å². The molecule has 1 aromatic rings.